The first kappa shape index (κ1) is 12.0. The van der Waals surface area contributed by atoms with Gasteiger partial charge in [0, 0.05) is 25.0 Å². The van der Waals surface area contributed by atoms with Crippen LogP contribution in [0.5, 0.6) is 0 Å². The number of nitrogen functional groups attached to an aromatic ring is 1. The molecule has 1 atom stereocenters. The molecule has 98 valence electrons. The first-order chi connectivity index (χ1) is 9.16. The van der Waals surface area contributed by atoms with Crippen LogP contribution in [0.2, 0.25) is 0 Å². The summed E-state index contributed by atoms with van der Waals surface area (Å²) >= 11 is 0. The van der Waals surface area contributed by atoms with Crippen molar-refractivity contribution in [1.29, 1.82) is 0 Å². The lowest BCUT2D eigenvalue weighted by Gasteiger charge is -2.09. The second-order valence-electron chi connectivity index (χ2n) is 5.13. The van der Waals surface area contributed by atoms with Gasteiger partial charge in [-0.05, 0) is 49.0 Å². The summed E-state index contributed by atoms with van der Waals surface area (Å²) in [5.74, 6) is 1.30. The Hall–Kier alpha value is -2.10. The van der Waals surface area contributed by atoms with Crippen molar-refractivity contribution in [2.45, 2.75) is 25.7 Å². The highest BCUT2D eigenvalue weighted by atomic mass is 15.3. The molecule has 1 aliphatic rings. The normalized spacial score (nSPS) is 18.6. The molecule has 3 rings (SSSR count). The van der Waals surface area contributed by atoms with Gasteiger partial charge < -0.3 is 5.73 Å². The quantitative estimate of drug-likeness (QED) is 0.896. The fraction of sp³-hybridized carbons (Fsp3) is 0.333. The van der Waals surface area contributed by atoms with Crippen LogP contribution in [0.4, 0.5) is 5.82 Å². The summed E-state index contributed by atoms with van der Waals surface area (Å²) in [6.45, 7) is 2.04. The molecule has 0 spiro atoms. The van der Waals surface area contributed by atoms with Gasteiger partial charge >= 0.3 is 0 Å². The second kappa shape index (κ2) is 4.53. The minimum Gasteiger partial charge on any atom is -0.384 e. The Labute approximate surface area is 113 Å². The summed E-state index contributed by atoms with van der Waals surface area (Å²) in [5, 5.41) is 4.53. The van der Waals surface area contributed by atoms with Crippen molar-refractivity contribution in [1.82, 2.24) is 14.8 Å². The Morgan fingerprint density at radius 2 is 2.05 bits per heavy atom. The number of allylic oxidation sites excluding steroid dienone is 2. The van der Waals surface area contributed by atoms with Crippen LogP contribution in [0.25, 0.3) is 5.57 Å². The van der Waals surface area contributed by atoms with Gasteiger partial charge in [-0.25, -0.2) is 0 Å². The summed E-state index contributed by atoms with van der Waals surface area (Å²) in [7, 11) is 1.89. The number of rotatable bonds is 2. The summed E-state index contributed by atoms with van der Waals surface area (Å²) in [6.07, 6.45) is 8.10. The maximum Gasteiger partial charge on any atom is 0.124 e. The summed E-state index contributed by atoms with van der Waals surface area (Å²) in [4.78, 5) is 4.07. The van der Waals surface area contributed by atoms with Crippen molar-refractivity contribution in [3.8, 4) is 0 Å². The van der Waals surface area contributed by atoms with Crippen LogP contribution in [0.15, 0.2) is 30.6 Å². The van der Waals surface area contributed by atoms with Gasteiger partial charge in [0.1, 0.15) is 5.82 Å². The molecule has 0 bridgehead atoms. The molecule has 0 radical (unpaired) electrons. The number of pyridine rings is 1. The van der Waals surface area contributed by atoms with Crippen molar-refractivity contribution in [2.75, 3.05) is 5.73 Å². The molecular formula is C15H18N4. The average molecular weight is 254 g/mol. The van der Waals surface area contributed by atoms with Crippen LogP contribution in [0, 0.1) is 6.92 Å². The van der Waals surface area contributed by atoms with Gasteiger partial charge in [-0.2, -0.15) is 5.10 Å². The third kappa shape index (κ3) is 2.03. The second-order valence-corrected chi connectivity index (χ2v) is 5.13. The lowest BCUT2D eigenvalue weighted by molar-refractivity contribution is 0.748. The first-order valence-electron chi connectivity index (χ1n) is 6.55. The Bertz CT molecular complexity index is 625. The van der Waals surface area contributed by atoms with Gasteiger partial charge in [-0.1, -0.05) is 6.08 Å². The third-order valence-electron chi connectivity index (χ3n) is 3.93. The zero-order chi connectivity index (χ0) is 13.4. The molecular weight excluding hydrogens is 236 g/mol. The van der Waals surface area contributed by atoms with E-state index in [1.807, 2.05) is 26.4 Å². The molecule has 2 N–H and O–H groups in total. The van der Waals surface area contributed by atoms with Crippen molar-refractivity contribution in [3.05, 3.63) is 47.4 Å². The third-order valence-corrected chi connectivity index (χ3v) is 3.93. The number of aryl methyl sites for hydroxylation is 1. The number of nitrogens with two attached hydrogens (primary N) is 1. The Balaban J connectivity index is 1.84. The predicted octanol–water partition coefficient (Wildman–Crippen LogP) is 2.67. The molecule has 0 aliphatic heterocycles. The van der Waals surface area contributed by atoms with E-state index in [0.29, 0.717) is 5.92 Å². The summed E-state index contributed by atoms with van der Waals surface area (Å²) in [6, 6.07) is 4.20. The fourth-order valence-electron chi connectivity index (χ4n) is 2.75. The largest absolute Gasteiger partial charge is 0.384 e. The number of anilines is 1. The molecule has 2 aromatic rings. The molecule has 2 heterocycles. The molecule has 0 saturated carbocycles. The number of aromatic nitrogens is 3. The van der Waals surface area contributed by atoms with Gasteiger partial charge in [-0.3, -0.25) is 9.67 Å². The predicted molar refractivity (Wildman–Crippen MR) is 76.5 cm³/mol. The van der Waals surface area contributed by atoms with Crippen molar-refractivity contribution >= 4 is 11.4 Å². The standard InChI is InChI=1S/C15H18N4/c1-10-14(18-19(2)15(10)16)13-4-3-12(9-13)11-5-7-17-8-6-11/h4-8,12H,3,9,16H2,1-2H3. The van der Waals surface area contributed by atoms with E-state index in [4.69, 9.17) is 5.73 Å². The van der Waals surface area contributed by atoms with Gasteiger partial charge in [0.2, 0.25) is 0 Å². The fourth-order valence-corrected chi connectivity index (χ4v) is 2.75. The molecule has 4 nitrogen and oxygen atoms in total. The molecule has 0 saturated heterocycles. The molecule has 2 aromatic heterocycles. The molecule has 0 fully saturated rings. The monoisotopic (exact) mass is 254 g/mol. The molecule has 19 heavy (non-hydrogen) atoms. The molecule has 0 amide bonds. The minimum atomic E-state index is 0.542. The van der Waals surface area contributed by atoms with Gasteiger partial charge in [-0.15, -0.1) is 0 Å². The van der Waals surface area contributed by atoms with Crippen molar-refractivity contribution in [3.63, 3.8) is 0 Å². The highest BCUT2D eigenvalue weighted by Crippen LogP contribution is 2.39. The van der Waals surface area contributed by atoms with Crippen LogP contribution in [0.3, 0.4) is 0 Å². The zero-order valence-electron chi connectivity index (χ0n) is 11.3. The Kier molecular flexibility index (Phi) is 2.85. The van der Waals surface area contributed by atoms with E-state index in [2.05, 4.69) is 28.3 Å². The topological polar surface area (TPSA) is 56.7 Å². The van der Waals surface area contributed by atoms with E-state index in [1.54, 1.807) is 4.68 Å². The van der Waals surface area contributed by atoms with Gasteiger partial charge in [0.05, 0.1) is 5.69 Å². The average Bonchev–Trinajstić information content (AvgIpc) is 3.01. The van der Waals surface area contributed by atoms with Gasteiger partial charge in [0.15, 0.2) is 0 Å². The van der Waals surface area contributed by atoms with Crippen molar-refractivity contribution in [2.24, 2.45) is 7.05 Å². The molecule has 4 heteroatoms. The summed E-state index contributed by atoms with van der Waals surface area (Å²) < 4.78 is 1.76. The number of nitrogens with zero attached hydrogens (tertiary/aromatic N) is 3. The maximum atomic E-state index is 5.98. The van der Waals surface area contributed by atoms with E-state index in [-0.39, 0.29) is 0 Å². The Morgan fingerprint density at radius 3 is 2.68 bits per heavy atom. The van der Waals surface area contributed by atoms with Crippen molar-refractivity contribution < 1.29 is 0 Å². The first-order valence-corrected chi connectivity index (χ1v) is 6.55. The SMILES string of the molecule is Cc1c(C2=CCC(c3ccncc3)C2)nn(C)c1N. The summed E-state index contributed by atoms with van der Waals surface area (Å²) in [5.41, 5.74) is 10.8. The molecule has 0 aromatic carbocycles. The smallest absolute Gasteiger partial charge is 0.124 e. The number of hydrogen-bond acceptors (Lipinski definition) is 3. The van der Waals surface area contributed by atoms with Gasteiger partial charge in [0.25, 0.3) is 0 Å². The van der Waals surface area contributed by atoms with E-state index < -0.39 is 0 Å². The Morgan fingerprint density at radius 1 is 1.32 bits per heavy atom. The zero-order valence-corrected chi connectivity index (χ0v) is 11.3. The van der Waals surface area contributed by atoms with Crippen LogP contribution in [0.1, 0.15) is 35.6 Å². The minimum absolute atomic E-state index is 0.542. The maximum absolute atomic E-state index is 5.98. The van der Waals surface area contributed by atoms with E-state index in [0.717, 1.165) is 29.9 Å². The van der Waals surface area contributed by atoms with Crippen LogP contribution in [-0.2, 0) is 7.05 Å². The van der Waals surface area contributed by atoms with E-state index >= 15 is 0 Å². The molecule has 1 aliphatic carbocycles. The highest BCUT2D eigenvalue weighted by Gasteiger charge is 2.23. The van der Waals surface area contributed by atoms with Crippen LogP contribution < -0.4 is 5.73 Å². The molecule has 1 unspecified atom stereocenters. The van der Waals surface area contributed by atoms with E-state index in [9.17, 15) is 0 Å². The highest BCUT2D eigenvalue weighted by molar-refractivity contribution is 5.71. The van der Waals surface area contributed by atoms with Crippen LogP contribution >= 0.6 is 0 Å². The number of hydrogen-bond donors (Lipinski definition) is 1. The lowest BCUT2D eigenvalue weighted by Crippen LogP contribution is -1.97. The lowest BCUT2D eigenvalue weighted by atomic mass is 9.95. The van der Waals surface area contributed by atoms with E-state index in [1.165, 1.54) is 11.1 Å². The van der Waals surface area contributed by atoms with Crippen LogP contribution in [-0.4, -0.2) is 14.8 Å².